The van der Waals surface area contributed by atoms with Gasteiger partial charge in [-0.3, -0.25) is 4.79 Å². The van der Waals surface area contributed by atoms with E-state index >= 15 is 0 Å². The van der Waals surface area contributed by atoms with Crippen LogP contribution in [0.1, 0.15) is 15.9 Å². The Labute approximate surface area is 93.5 Å². The number of carbonyl (C=O) groups excluding carboxylic acids is 1. The maximum absolute atomic E-state index is 12.7. The highest BCUT2D eigenvalue weighted by molar-refractivity contribution is 6.04. The monoisotopic (exact) mass is 213 g/mol. The Hall–Kier alpha value is -1.96. The van der Waals surface area contributed by atoms with Gasteiger partial charge in [-0.25, -0.2) is 4.39 Å². The summed E-state index contributed by atoms with van der Waals surface area (Å²) in [5.74, 6) is -0.456. The van der Waals surface area contributed by atoms with Gasteiger partial charge < -0.3 is 0 Å². The van der Waals surface area contributed by atoms with Crippen LogP contribution in [-0.2, 0) is 0 Å². The molecular formula is C14H10FO. The fourth-order valence-corrected chi connectivity index (χ4v) is 1.40. The second-order valence-electron chi connectivity index (χ2n) is 3.43. The van der Waals surface area contributed by atoms with E-state index in [1.165, 1.54) is 30.7 Å². The molecular weight excluding hydrogens is 203 g/mol. The molecule has 0 spiro atoms. The van der Waals surface area contributed by atoms with Crippen molar-refractivity contribution in [1.29, 1.82) is 0 Å². The third-order valence-electron chi connectivity index (χ3n) is 2.23. The zero-order valence-electron chi connectivity index (χ0n) is 8.56. The van der Waals surface area contributed by atoms with E-state index in [2.05, 4.69) is 0 Å². The van der Waals surface area contributed by atoms with Crippen molar-refractivity contribution in [3.8, 4) is 0 Å². The summed E-state index contributed by atoms with van der Waals surface area (Å²) < 4.78 is 12.7. The Bertz CT molecular complexity index is 474. The van der Waals surface area contributed by atoms with E-state index in [1.54, 1.807) is 0 Å². The molecule has 0 amide bonds. The highest BCUT2D eigenvalue weighted by Gasteiger charge is 2.06. The van der Waals surface area contributed by atoms with E-state index in [0.717, 1.165) is 5.56 Å². The van der Waals surface area contributed by atoms with Crippen molar-refractivity contribution in [2.75, 3.05) is 0 Å². The molecule has 79 valence electrons. The van der Waals surface area contributed by atoms with Crippen LogP contribution in [0.3, 0.4) is 0 Å². The van der Waals surface area contributed by atoms with Gasteiger partial charge in [-0.15, -0.1) is 0 Å². The Morgan fingerprint density at radius 1 is 0.938 bits per heavy atom. The zero-order chi connectivity index (χ0) is 11.4. The molecule has 0 aliphatic carbocycles. The van der Waals surface area contributed by atoms with Crippen molar-refractivity contribution in [3.63, 3.8) is 0 Å². The summed E-state index contributed by atoms with van der Waals surface area (Å²) >= 11 is 0. The number of hydrogen-bond donors (Lipinski definition) is 0. The van der Waals surface area contributed by atoms with Crippen LogP contribution in [-0.4, -0.2) is 5.78 Å². The van der Waals surface area contributed by atoms with Crippen LogP contribution in [0.2, 0.25) is 0 Å². The van der Waals surface area contributed by atoms with Gasteiger partial charge in [0.2, 0.25) is 0 Å². The lowest BCUT2D eigenvalue weighted by Gasteiger charge is -2.00. The minimum atomic E-state index is -0.337. The van der Waals surface area contributed by atoms with Gasteiger partial charge in [-0.05, 0) is 29.8 Å². The Balaban J connectivity index is 2.12. The van der Waals surface area contributed by atoms with E-state index in [1.807, 2.05) is 30.3 Å². The third-order valence-corrected chi connectivity index (χ3v) is 2.23. The summed E-state index contributed by atoms with van der Waals surface area (Å²) in [6.45, 7) is 0. The van der Waals surface area contributed by atoms with E-state index in [9.17, 15) is 9.18 Å². The number of halogens is 1. The molecule has 0 N–H and O–H groups in total. The van der Waals surface area contributed by atoms with Crippen LogP contribution in [0.5, 0.6) is 0 Å². The summed E-state index contributed by atoms with van der Waals surface area (Å²) in [6.07, 6.45) is 1.53. The largest absolute Gasteiger partial charge is 0.293 e. The van der Waals surface area contributed by atoms with Crippen molar-refractivity contribution in [2.24, 2.45) is 0 Å². The van der Waals surface area contributed by atoms with Gasteiger partial charge >= 0.3 is 0 Å². The molecule has 0 fully saturated rings. The second kappa shape index (κ2) is 4.71. The highest BCUT2D eigenvalue weighted by Crippen LogP contribution is 2.10. The lowest BCUT2D eigenvalue weighted by Crippen LogP contribution is -2.00. The van der Waals surface area contributed by atoms with Crippen molar-refractivity contribution in [1.82, 2.24) is 0 Å². The Kier molecular flexibility index (Phi) is 3.10. The average molecular weight is 213 g/mol. The van der Waals surface area contributed by atoms with E-state index in [0.29, 0.717) is 5.56 Å². The third kappa shape index (κ3) is 2.54. The van der Waals surface area contributed by atoms with E-state index < -0.39 is 0 Å². The maximum Gasteiger partial charge on any atom is 0.171 e. The first-order valence-electron chi connectivity index (χ1n) is 4.95. The molecule has 0 bridgehead atoms. The fourth-order valence-electron chi connectivity index (χ4n) is 1.40. The van der Waals surface area contributed by atoms with Crippen molar-refractivity contribution in [3.05, 3.63) is 78.0 Å². The quantitative estimate of drug-likeness (QED) is 0.715. The van der Waals surface area contributed by atoms with Crippen LogP contribution in [0, 0.1) is 12.2 Å². The molecule has 1 nitrogen and oxygen atoms in total. The first-order valence-corrected chi connectivity index (χ1v) is 4.95. The normalized spacial score (nSPS) is 10.1. The second-order valence-corrected chi connectivity index (χ2v) is 3.43. The van der Waals surface area contributed by atoms with Crippen molar-refractivity contribution in [2.45, 2.75) is 0 Å². The van der Waals surface area contributed by atoms with Gasteiger partial charge in [0.1, 0.15) is 5.82 Å². The minimum Gasteiger partial charge on any atom is -0.293 e. The van der Waals surface area contributed by atoms with Gasteiger partial charge in [-0.1, -0.05) is 30.3 Å². The number of carbonyl (C=O) groups is 1. The smallest absolute Gasteiger partial charge is 0.171 e. The Morgan fingerprint density at radius 2 is 1.56 bits per heavy atom. The lowest BCUT2D eigenvalue weighted by atomic mass is 10.0. The number of Topliss-reactive ketones (excluding diaryl/α,β-unsaturated/α-hetero) is 1. The fraction of sp³-hybridized carbons (Fsp3) is 0. The molecule has 0 aromatic heterocycles. The number of benzene rings is 2. The predicted octanol–water partition coefficient (Wildman–Crippen LogP) is 3.26. The first kappa shape index (κ1) is 10.6. The van der Waals surface area contributed by atoms with Gasteiger partial charge in [0.25, 0.3) is 0 Å². The van der Waals surface area contributed by atoms with Crippen LogP contribution >= 0.6 is 0 Å². The summed E-state index contributed by atoms with van der Waals surface area (Å²) in [6, 6.07) is 14.8. The molecule has 0 unspecified atom stereocenters. The summed E-state index contributed by atoms with van der Waals surface area (Å²) in [5, 5.41) is 0. The first-order chi connectivity index (χ1) is 7.75. The van der Waals surface area contributed by atoms with E-state index in [4.69, 9.17) is 0 Å². The molecule has 0 atom stereocenters. The van der Waals surface area contributed by atoms with Crippen LogP contribution < -0.4 is 0 Å². The predicted molar refractivity (Wildman–Crippen MR) is 60.6 cm³/mol. The Morgan fingerprint density at radius 3 is 2.19 bits per heavy atom. The highest BCUT2D eigenvalue weighted by atomic mass is 19.1. The molecule has 2 aromatic carbocycles. The summed E-state index contributed by atoms with van der Waals surface area (Å²) in [5.41, 5.74) is 1.34. The number of rotatable bonds is 3. The summed E-state index contributed by atoms with van der Waals surface area (Å²) in [4.78, 5) is 11.7. The molecule has 1 radical (unpaired) electrons. The molecule has 0 aliphatic heterocycles. The van der Waals surface area contributed by atoms with Gasteiger partial charge in [0.05, 0.1) is 6.42 Å². The number of ketones is 1. The van der Waals surface area contributed by atoms with Crippen molar-refractivity contribution < 1.29 is 9.18 Å². The van der Waals surface area contributed by atoms with Crippen molar-refractivity contribution >= 4 is 5.78 Å². The lowest BCUT2D eigenvalue weighted by molar-refractivity contribution is 0.103. The molecule has 2 rings (SSSR count). The molecule has 0 saturated heterocycles. The standard InChI is InChI=1S/C14H10FO/c15-13-8-6-12(7-9-13)14(16)10-11-4-2-1-3-5-11/h1-10H. The van der Waals surface area contributed by atoms with Crippen LogP contribution in [0.25, 0.3) is 0 Å². The average Bonchev–Trinajstić information content (AvgIpc) is 2.31. The zero-order valence-corrected chi connectivity index (χ0v) is 8.56. The minimum absolute atomic E-state index is 0.119. The van der Waals surface area contributed by atoms with Crippen LogP contribution in [0.15, 0.2) is 54.6 Å². The maximum atomic E-state index is 12.7. The molecule has 2 heteroatoms. The van der Waals surface area contributed by atoms with E-state index in [-0.39, 0.29) is 11.6 Å². The van der Waals surface area contributed by atoms with Gasteiger partial charge in [0.15, 0.2) is 5.78 Å². The van der Waals surface area contributed by atoms with Gasteiger partial charge in [0, 0.05) is 5.56 Å². The number of hydrogen-bond acceptors (Lipinski definition) is 1. The molecule has 2 aromatic rings. The van der Waals surface area contributed by atoms with Crippen LogP contribution in [0.4, 0.5) is 4.39 Å². The summed E-state index contributed by atoms with van der Waals surface area (Å²) in [7, 11) is 0. The SMILES string of the molecule is O=C([CH]c1ccccc1)c1ccc(F)cc1. The topological polar surface area (TPSA) is 17.1 Å². The molecule has 0 aliphatic rings. The van der Waals surface area contributed by atoms with Gasteiger partial charge in [-0.2, -0.15) is 0 Å². The molecule has 0 heterocycles. The molecule has 0 saturated carbocycles. The molecule has 16 heavy (non-hydrogen) atoms.